The molecule has 0 bridgehead atoms. The molecule has 0 atom stereocenters. The molecular weight excluding hydrogens is 158 g/mol. The van der Waals surface area contributed by atoms with E-state index in [1.807, 2.05) is 38.3 Å². The van der Waals surface area contributed by atoms with Gasteiger partial charge in [-0.3, -0.25) is 4.98 Å². The van der Waals surface area contributed by atoms with Gasteiger partial charge in [0.25, 0.3) is 0 Å². The van der Waals surface area contributed by atoms with Crippen molar-refractivity contribution < 1.29 is 0 Å². The second-order valence-electron chi connectivity index (χ2n) is 2.23. The van der Waals surface area contributed by atoms with Gasteiger partial charge in [-0.15, -0.1) is 12.4 Å². The Hall–Kier alpha value is -0.820. The molecule has 2 heteroatoms. The molecule has 1 rings (SSSR count). The van der Waals surface area contributed by atoms with Crippen LogP contribution in [0.3, 0.4) is 0 Å². The molecule has 0 aliphatic rings. The summed E-state index contributed by atoms with van der Waals surface area (Å²) in [5.41, 5.74) is 2.22. The van der Waals surface area contributed by atoms with Gasteiger partial charge in [-0.1, -0.05) is 18.2 Å². The Kier molecular flexibility index (Phi) is 4.55. The molecule has 0 saturated heterocycles. The number of allylic oxidation sites excluding steroid dienone is 1. The Morgan fingerprint density at radius 3 is 2.55 bits per heavy atom. The van der Waals surface area contributed by atoms with Gasteiger partial charge >= 0.3 is 0 Å². The molecule has 0 N–H and O–H groups in total. The topological polar surface area (TPSA) is 12.9 Å². The summed E-state index contributed by atoms with van der Waals surface area (Å²) < 4.78 is 0. The molecule has 0 radical (unpaired) electrons. The van der Waals surface area contributed by atoms with Gasteiger partial charge in [0.1, 0.15) is 0 Å². The third-order valence-corrected chi connectivity index (χ3v) is 1.29. The largest absolute Gasteiger partial charge is 0.261 e. The van der Waals surface area contributed by atoms with E-state index >= 15 is 0 Å². The van der Waals surface area contributed by atoms with E-state index in [0.717, 1.165) is 11.3 Å². The van der Waals surface area contributed by atoms with Crippen LogP contribution in [-0.4, -0.2) is 4.98 Å². The monoisotopic (exact) mass is 169 g/mol. The second-order valence-corrected chi connectivity index (χ2v) is 2.23. The van der Waals surface area contributed by atoms with E-state index in [4.69, 9.17) is 0 Å². The number of halogens is 1. The van der Waals surface area contributed by atoms with Crippen LogP contribution >= 0.6 is 12.4 Å². The van der Waals surface area contributed by atoms with Crippen molar-refractivity contribution in [1.82, 2.24) is 4.98 Å². The van der Waals surface area contributed by atoms with Crippen molar-refractivity contribution in [2.75, 3.05) is 0 Å². The fraction of sp³-hybridized carbons (Fsp3) is 0.222. The molecule has 0 aromatic carbocycles. The Balaban J connectivity index is 0.000001000. The van der Waals surface area contributed by atoms with Gasteiger partial charge in [-0.2, -0.15) is 0 Å². The summed E-state index contributed by atoms with van der Waals surface area (Å²) in [6.07, 6.45) is 5.91. The van der Waals surface area contributed by atoms with E-state index < -0.39 is 0 Å². The zero-order valence-corrected chi connectivity index (χ0v) is 7.56. The number of pyridine rings is 1. The summed E-state index contributed by atoms with van der Waals surface area (Å²) in [6.45, 7) is 3.99. The Bertz CT molecular complexity index is 226. The Morgan fingerprint density at radius 2 is 2.09 bits per heavy atom. The molecule has 1 aromatic heterocycles. The molecule has 0 aliphatic carbocycles. The molecule has 1 nitrogen and oxygen atoms in total. The molecule has 0 spiro atoms. The van der Waals surface area contributed by atoms with E-state index in [1.165, 1.54) is 0 Å². The SMILES string of the molecule is CC=Cc1ccc(C)nc1.Cl. The fourth-order valence-corrected chi connectivity index (χ4v) is 0.770. The lowest BCUT2D eigenvalue weighted by molar-refractivity contribution is 1.19. The number of aryl methyl sites for hydroxylation is 1. The quantitative estimate of drug-likeness (QED) is 0.630. The van der Waals surface area contributed by atoms with Crippen LogP contribution in [0.5, 0.6) is 0 Å². The van der Waals surface area contributed by atoms with Crippen molar-refractivity contribution in [3.05, 3.63) is 35.7 Å². The number of aromatic nitrogens is 1. The lowest BCUT2D eigenvalue weighted by atomic mass is 10.2. The van der Waals surface area contributed by atoms with Crippen LogP contribution in [-0.2, 0) is 0 Å². The van der Waals surface area contributed by atoms with Gasteiger partial charge in [0, 0.05) is 11.9 Å². The molecule has 1 heterocycles. The number of hydrogen-bond donors (Lipinski definition) is 0. The molecule has 0 fully saturated rings. The normalized spacial score (nSPS) is 9.64. The van der Waals surface area contributed by atoms with Crippen molar-refractivity contribution in [3.63, 3.8) is 0 Å². The van der Waals surface area contributed by atoms with E-state index in [9.17, 15) is 0 Å². The van der Waals surface area contributed by atoms with Gasteiger partial charge in [0.2, 0.25) is 0 Å². The Morgan fingerprint density at radius 1 is 1.36 bits per heavy atom. The lowest BCUT2D eigenvalue weighted by Crippen LogP contribution is -1.79. The number of nitrogens with zero attached hydrogens (tertiary/aromatic N) is 1. The number of rotatable bonds is 1. The lowest BCUT2D eigenvalue weighted by Gasteiger charge is -1.91. The van der Waals surface area contributed by atoms with E-state index in [1.54, 1.807) is 0 Å². The highest BCUT2D eigenvalue weighted by Gasteiger charge is 1.84. The predicted octanol–water partition coefficient (Wildman–Crippen LogP) is 2.84. The summed E-state index contributed by atoms with van der Waals surface area (Å²) >= 11 is 0. The van der Waals surface area contributed by atoms with Crippen molar-refractivity contribution in [1.29, 1.82) is 0 Å². The first-order valence-corrected chi connectivity index (χ1v) is 3.38. The predicted molar refractivity (Wildman–Crippen MR) is 50.9 cm³/mol. The summed E-state index contributed by atoms with van der Waals surface area (Å²) in [5.74, 6) is 0. The standard InChI is InChI=1S/C9H11N.ClH/c1-3-4-9-6-5-8(2)10-7-9;/h3-7H,1-2H3;1H. The average molecular weight is 170 g/mol. The van der Waals surface area contributed by atoms with Gasteiger partial charge in [-0.25, -0.2) is 0 Å². The number of hydrogen-bond acceptors (Lipinski definition) is 1. The van der Waals surface area contributed by atoms with Crippen molar-refractivity contribution >= 4 is 18.5 Å². The van der Waals surface area contributed by atoms with E-state index in [2.05, 4.69) is 11.1 Å². The van der Waals surface area contributed by atoms with Crippen molar-refractivity contribution in [2.45, 2.75) is 13.8 Å². The van der Waals surface area contributed by atoms with Gasteiger partial charge in [-0.05, 0) is 25.5 Å². The van der Waals surface area contributed by atoms with Crippen molar-refractivity contribution in [2.24, 2.45) is 0 Å². The maximum Gasteiger partial charge on any atom is 0.0373 e. The van der Waals surface area contributed by atoms with Crippen LogP contribution in [0.1, 0.15) is 18.2 Å². The zero-order valence-electron chi connectivity index (χ0n) is 6.74. The van der Waals surface area contributed by atoms with Crippen LogP contribution < -0.4 is 0 Å². The smallest absolute Gasteiger partial charge is 0.0373 e. The van der Waals surface area contributed by atoms with E-state index in [0.29, 0.717) is 0 Å². The van der Waals surface area contributed by atoms with Gasteiger partial charge < -0.3 is 0 Å². The van der Waals surface area contributed by atoms with Crippen molar-refractivity contribution in [3.8, 4) is 0 Å². The molecular formula is C9H12ClN. The third kappa shape index (κ3) is 3.19. The van der Waals surface area contributed by atoms with Crippen LogP contribution in [0.4, 0.5) is 0 Å². The minimum absolute atomic E-state index is 0. The Labute approximate surface area is 73.6 Å². The highest BCUT2D eigenvalue weighted by molar-refractivity contribution is 5.85. The maximum absolute atomic E-state index is 4.15. The molecule has 60 valence electrons. The maximum atomic E-state index is 4.15. The molecule has 0 amide bonds. The van der Waals surface area contributed by atoms with Gasteiger partial charge in [0.15, 0.2) is 0 Å². The summed E-state index contributed by atoms with van der Waals surface area (Å²) in [4.78, 5) is 4.15. The molecule has 1 aromatic rings. The molecule has 0 aliphatic heterocycles. The highest BCUT2D eigenvalue weighted by Crippen LogP contribution is 2.00. The first kappa shape index (κ1) is 10.2. The molecule has 11 heavy (non-hydrogen) atoms. The zero-order chi connectivity index (χ0) is 7.40. The highest BCUT2D eigenvalue weighted by atomic mass is 35.5. The van der Waals surface area contributed by atoms with Crippen LogP contribution in [0, 0.1) is 6.92 Å². The first-order valence-electron chi connectivity index (χ1n) is 3.38. The van der Waals surface area contributed by atoms with Crippen LogP contribution in [0.15, 0.2) is 24.4 Å². The molecule has 0 saturated carbocycles. The summed E-state index contributed by atoms with van der Waals surface area (Å²) in [5, 5.41) is 0. The minimum Gasteiger partial charge on any atom is -0.261 e. The fourth-order valence-electron chi connectivity index (χ4n) is 0.770. The summed E-state index contributed by atoms with van der Waals surface area (Å²) in [6, 6.07) is 4.07. The molecule has 0 unspecified atom stereocenters. The van der Waals surface area contributed by atoms with Crippen LogP contribution in [0.2, 0.25) is 0 Å². The summed E-state index contributed by atoms with van der Waals surface area (Å²) in [7, 11) is 0. The minimum atomic E-state index is 0. The van der Waals surface area contributed by atoms with Gasteiger partial charge in [0.05, 0.1) is 0 Å². The average Bonchev–Trinajstić information content (AvgIpc) is 1.95. The third-order valence-electron chi connectivity index (χ3n) is 1.29. The van der Waals surface area contributed by atoms with E-state index in [-0.39, 0.29) is 12.4 Å². The van der Waals surface area contributed by atoms with Crippen LogP contribution in [0.25, 0.3) is 6.08 Å². The second kappa shape index (κ2) is 4.91. The first-order chi connectivity index (χ1) is 4.83.